The maximum absolute atomic E-state index is 11.1. The van der Waals surface area contributed by atoms with Crippen molar-refractivity contribution in [1.29, 1.82) is 5.26 Å². The smallest absolute Gasteiger partial charge is 0.309 e. The van der Waals surface area contributed by atoms with Gasteiger partial charge < -0.3 is 10.4 Å². The van der Waals surface area contributed by atoms with E-state index in [-0.39, 0.29) is 29.4 Å². The molecular weight excluding hydrogens is 262 g/mol. The fraction of sp³-hybridized carbons (Fsp3) is 0.385. The molecule has 7 nitrogen and oxygen atoms in total. The third kappa shape index (κ3) is 3.45. The maximum Gasteiger partial charge on any atom is 0.309 e. The maximum atomic E-state index is 11.1. The van der Waals surface area contributed by atoms with Crippen LogP contribution < -0.4 is 5.32 Å². The number of aliphatic carboxylic acids is 1. The van der Waals surface area contributed by atoms with Crippen LogP contribution in [0, 0.1) is 33.3 Å². The molecule has 0 saturated carbocycles. The third-order valence-electron chi connectivity index (χ3n) is 2.97. The van der Waals surface area contributed by atoms with Crippen LogP contribution in [-0.4, -0.2) is 22.5 Å². The number of nitrogens with one attached hydrogen (secondary N) is 1. The Balaban J connectivity index is 3.02. The van der Waals surface area contributed by atoms with Crippen LogP contribution >= 0.6 is 0 Å². The molecule has 7 heteroatoms. The SMILES string of the molecule is CC(C)C(CNc1cccc(C#N)c1[N+](=O)[O-])C(=O)O. The van der Waals surface area contributed by atoms with Crippen molar-refractivity contribution < 1.29 is 14.8 Å². The molecule has 0 heterocycles. The van der Waals surface area contributed by atoms with Gasteiger partial charge in [0.1, 0.15) is 17.3 Å². The predicted molar refractivity (Wildman–Crippen MR) is 72.3 cm³/mol. The molecule has 1 aromatic rings. The highest BCUT2D eigenvalue weighted by Crippen LogP contribution is 2.28. The fourth-order valence-corrected chi connectivity index (χ4v) is 1.80. The lowest BCUT2D eigenvalue weighted by Crippen LogP contribution is -2.27. The average molecular weight is 277 g/mol. The number of anilines is 1. The number of para-hydroxylation sites is 1. The Kier molecular flexibility index (Phi) is 5.03. The Morgan fingerprint density at radius 1 is 1.55 bits per heavy atom. The van der Waals surface area contributed by atoms with Gasteiger partial charge in [-0.05, 0) is 18.1 Å². The van der Waals surface area contributed by atoms with E-state index in [2.05, 4.69) is 5.32 Å². The number of nitriles is 1. The van der Waals surface area contributed by atoms with Crippen LogP contribution in [0.4, 0.5) is 11.4 Å². The average Bonchev–Trinajstić information content (AvgIpc) is 2.37. The Labute approximate surface area is 116 Å². The topological polar surface area (TPSA) is 116 Å². The lowest BCUT2D eigenvalue weighted by molar-refractivity contribution is -0.384. The van der Waals surface area contributed by atoms with Gasteiger partial charge in [0, 0.05) is 6.54 Å². The Bertz CT molecular complexity index is 563. The van der Waals surface area contributed by atoms with Gasteiger partial charge in [0.2, 0.25) is 0 Å². The number of hydrogen-bond acceptors (Lipinski definition) is 5. The van der Waals surface area contributed by atoms with Crippen molar-refractivity contribution in [2.24, 2.45) is 11.8 Å². The van der Waals surface area contributed by atoms with E-state index in [0.717, 1.165) is 0 Å². The van der Waals surface area contributed by atoms with Gasteiger partial charge in [0.25, 0.3) is 0 Å². The third-order valence-corrected chi connectivity index (χ3v) is 2.97. The second-order valence-electron chi connectivity index (χ2n) is 4.64. The van der Waals surface area contributed by atoms with Gasteiger partial charge >= 0.3 is 11.7 Å². The van der Waals surface area contributed by atoms with E-state index in [1.807, 2.05) is 0 Å². The van der Waals surface area contributed by atoms with Crippen LogP contribution in [-0.2, 0) is 4.79 Å². The molecule has 0 aliphatic heterocycles. The number of rotatable bonds is 6. The van der Waals surface area contributed by atoms with Crippen LogP contribution in [0.5, 0.6) is 0 Å². The Morgan fingerprint density at radius 3 is 2.65 bits per heavy atom. The number of nitro benzene ring substituents is 1. The van der Waals surface area contributed by atoms with Crippen molar-refractivity contribution in [3.63, 3.8) is 0 Å². The summed E-state index contributed by atoms with van der Waals surface area (Å²) in [5.74, 6) is -1.75. The molecule has 0 amide bonds. The highest BCUT2D eigenvalue weighted by atomic mass is 16.6. The van der Waals surface area contributed by atoms with Gasteiger partial charge in [-0.1, -0.05) is 19.9 Å². The number of carboxylic acids is 1. The van der Waals surface area contributed by atoms with Gasteiger partial charge in [-0.15, -0.1) is 0 Å². The minimum Gasteiger partial charge on any atom is -0.481 e. The molecule has 0 aliphatic rings. The van der Waals surface area contributed by atoms with Crippen molar-refractivity contribution in [3.05, 3.63) is 33.9 Å². The summed E-state index contributed by atoms with van der Waals surface area (Å²) in [4.78, 5) is 21.4. The first-order chi connectivity index (χ1) is 9.38. The molecule has 0 spiro atoms. The highest BCUT2D eigenvalue weighted by molar-refractivity contribution is 5.73. The standard InChI is InChI=1S/C13H15N3O4/c1-8(2)10(13(17)18)7-15-11-5-3-4-9(6-14)12(11)16(19)20/h3-5,8,10,15H,7H2,1-2H3,(H,17,18). The zero-order valence-electron chi connectivity index (χ0n) is 11.2. The van der Waals surface area contributed by atoms with Crippen LogP contribution in [0.2, 0.25) is 0 Å². The summed E-state index contributed by atoms with van der Waals surface area (Å²) in [6, 6.07) is 6.07. The summed E-state index contributed by atoms with van der Waals surface area (Å²) in [7, 11) is 0. The Morgan fingerprint density at radius 2 is 2.20 bits per heavy atom. The molecule has 0 aliphatic carbocycles. The van der Waals surface area contributed by atoms with Gasteiger partial charge in [0.05, 0.1) is 10.8 Å². The second-order valence-corrected chi connectivity index (χ2v) is 4.64. The lowest BCUT2D eigenvalue weighted by atomic mass is 9.96. The zero-order chi connectivity index (χ0) is 15.3. The van der Waals surface area contributed by atoms with Gasteiger partial charge in [0.15, 0.2) is 0 Å². The molecule has 2 N–H and O–H groups in total. The van der Waals surface area contributed by atoms with Crippen LogP contribution in [0.15, 0.2) is 18.2 Å². The number of carbonyl (C=O) groups is 1. The molecule has 1 rings (SSSR count). The summed E-state index contributed by atoms with van der Waals surface area (Å²) >= 11 is 0. The van der Waals surface area contributed by atoms with Crippen molar-refractivity contribution >= 4 is 17.3 Å². The van der Waals surface area contributed by atoms with Crippen molar-refractivity contribution in [3.8, 4) is 6.07 Å². The lowest BCUT2D eigenvalue weighted by Gasteiger charge is -2.17. The summed E-state index contributed by atoms with van der Waals surface area (Å²) < 4.78 is 0. The fourth-order valence-electron chi connectivity index (χ4n) is 1.80. The summed E-state index contributed by atoms with van der Waals surface area (Å²) in [6.07, 6.45) is 0. The largest absolute Gasteiger partial charge is 0.481 e. The van der Waals surface area contributed by atoms with E-state index in [0.29, 0.717) is 0 Å². The van der Waals surface area contributed by atoms with E-state index < -0.39 is 16.8 Å². The molecule has 1 unspecified atom stereocenters. The highest BCUT2D eigenvalue weighted by Gasteiger charge is 2.24. The van der Waals surface area contributed by atoms with Crippen LogP contribution in [0.1, 0.15) is 19.4 Å². The summed E-state index contributed by atoms with van der Waals surface area (Å²) in [5, 5.41) is 31.7. The normalized spacial score (nSPS) is 11.7. The van der Waals surface area contributed by atoms with Crippen molar-refractivity contribution in [1.82, 2.24) is 0 Å². The van der Waals surface area contributed by atoms with Gasteiger partial charge in [-0.3, -0.25) is 14.9 Å². The molecule has 0 fully saturated rings. The molecule has 0 aromatic heterocycles. The number of hydrogen-bond donors (Lipinski definition) is 2. The molecule has 0 saturated heterocycles. The number of carboxylic acid groups (broad SMARTS) is 1. The minimum atomic E-state index is -0.966. The minimum absolute atomic E-state index is 0.0583. The van der Waals surface area contributed by atoms with E-state index in [1.54, 1.807) is 19.9 Å². The molecule has 0 radical (unpaired) electrons. The zero-order valence-corrected chi connectivity index (χ0v) is 11.2. The molecule has 106 valence electrons. The number of nitrogens with zero attached hydrogens (tertiary/aromatic N) is 2. The van der Waals surface area contributed by atoms with E-state index in [9.17, 15) is 14.9 Å². The Hall–Kier alpha value is -2.62. The monoisotopic (exact) mass is 277 g/mol. The first-order valence-electron chi connectivity index (χ1n) is 6.02. The molecule has 1 atom stereocenters. The van der Waals surface area contributed by atoms with Gasteiger partial charge in [-0.25, -0.2) is 0 Å². The van der Waals surface area contributed by atoms with E-state index in [1.165, 1.54) is 18.2 Å². The predicted octanol–water partition coefficient (Wildman–Crippen LogP) is 2.24. The molecule has 20 heavy (non-hydrogen) atoms. The quantitative estimate of drug-likeness (QED) is 0.608. The number of nitro groups is 1. The molecule has 0 bridgehead atoms. The molecule has 1 aromatic carbocycles. The summed E-state index contributed by atoms with van der Waals surface area (Å²) in [5.41, 5.74) is -0.236. The van der Waals surface area contributed by atoms with E-state index >= 15 is 0 Å². The van der Waals surface area contributed by atoms with Crippen molar-refractivity contribution in [2.45, 2.75) is 13.8 Å². The van der Waals surface area contributed by atoms with E-state index in [4.69, 9.17) is 10.4 Å². The first-order valence-corrected chi connectivity index (χ1v) is 6.02. The number of benzene rings is 1. The van der Waals surface area contributed by atoms with Crippen LogP contribution in [0.25, 0.3) is 0 Å². The van der Waals surface area contributed by atoms with Gasteiger partial charge in [-0.2, -0.15) is 5.26 Å². The second kappa shape index (κ2) is 6.52. The first kappa shape index (κ1) is 15.4. The summed E-state index contributed by atoms with van der Waals surface area (Å²) in [6.45, 7) is 3.59. The molecular formula is C13H15N3O4. The van der Waals surface area contributed by atoms with Crippen LogP contribution in [0.3, 0.4) is 0 Å². The van der Waals surface area contributed by atoms with Crippen molar-refractivity contribution in [2.75, 3.05) is 11.9 Å².